The molecule has 0 spiro atoms. The van der Waals surface area contributed by atoms with Crippen molar-refractivity contribution < 1.29 is 53.7 Å². The van der Waals surface area contributed by atoms with Gasteiger partial charge in [0, 0.05) is 37.8 Å². The average molecular weight is 913 g/mol. The van der Waals surface area contributed by atoms with E-state index in [0.29, 0.717) is 36.9 Å². The van der Waals surface area contributed by atoms with Gasteiger partial charge in [0.15, 0.2) is 5.96 Å². The molecule has 358 valence electrons. The summed E-state index contributed by atoms with van der Waals surface area (Å²) in [5.41, 5.74) is 17.6. The summed E-state index contributed by atoms with van der Waals surface area (Å²) in [4.78, 5) is 119. The molecule has 23 heteroatoms. The van der Waals surface area contributed by atoms with Gasteiger partial charge in [-0.15, -0.1) is 0 Å². The number of unbranched alkanes of at least 4 members (excludes halogenated alkanes) is 1. The number of aromatic amines is 1. The van der Waals surface area contributed by atoms with Crippen LogP contribution >= 0.6 is 0 Å². The molecule has 2 heterocycles. The third kappa shape index (κ3) is 17.0. The number of aromatic hydroxyl groups is 1. The van der Waals surface area contributed by atoms with Crippen LogP contribution in [0.5, 0.6) is 5.75 Å². The Bertz CT molecular complexity index is 1960. The van der Waals surface area contributed by atoms with Gasteiger partial charge >= 0.3 is 11.9 Å². The van der Waals surface area contributed by atoms with Crippen LogP contribution in [-0.4, -0.2) is 139 Å². The third-order valence-electron chi connectivity index (χ3n) is 11.0. The maximum absolute atomic E-state index is 14.4. The number of rotatable bonds is 27. The maximum Gasteiger partial charge on any atom is 0.326 e. The van der Waals surface area contributed by atoms with E-state index in [1.807, 2.05) is 6.92 Å². The number of aliphatic carboxylic acids is 2. The molecule has 0 saturated carbocycles. The highest BCUT2D eigenvalue weighted by atomic mass is 16.4. The number of aliphatic imine (C=N–C) groups is 1. The first-order chi connectivity index (χ1) is 30.8. The summed E-state index contributed by atoms with van der Waals surface area (Å²) in [5.74, 6) is -7.96. The van der Waals surface area contributed by atoms with Crippen molar-refractivity contribution in [1.82, 2.24) is 41.5 Å². The molecular formula is C42H64N12O11. The number of aromatic nitrogens is 2. The highest BCUT2D eigenvalue weighted by Crippen LogP contribution is 2.20. The number of hydrogen-bond donors (Lipinski definition) is 12. The van der Waals surface area contributed by atoms with E-state index in [1.54, 1.807) is 13.8 Å². The van der Waals surface area contributed by atoms with Gasteiger partial charge in [0.1, 0.15) is 42.0 Å². The molecule has 1 aromatic heterocycles. The maximum atomic E-state index is 14.4. The normalized spacial score (nSPS) is 16.6. The number of hydrogen-bond acceptors (Lipinski definition) is 12. The zero-order valence-corrected chi connectivity index (χ0v) is 37.0. The van der Waals surface area contributed by atoms with Crippen LogP contribution in [0.15, 0.2) is 41.8 Å². The fourth-order valence-electron chi connectivity index (χ4n) is 7.15. The lowest BCUT2D eigenvalue weighted by molar-refractivity contribution is -0.149. The largest absolute Gasteiger partial charge is 0.508 e. The number of carbonyl (C=O) groups excluding carboxylic acids is 6. The Balaban J connectivity index is 1.92. The number of benzene rings is 1. The topological polar surface area (TPSA) is 380 Å². The Morgan fingerprint density at radius 1 is 0.831 bits per heavy atom. The number of carboxylic acids is 2. The number of likely N-dealkylation sites (tertiary alicyclic amines) is 1. The quantitative estimate of drug-likeness (QED) is 0.0276. The number of H-pyrrole nitrogens is 1. The predicted octanol–water partition coefficient (Wildman–Crippen LogP) is -1.51. The minimum Gasteiger partial charge on any atom is -0.508 e. The van der Waals surface area contributed by atoms with Gasteiger partial charge in [-0.2, -0.15) is 0 Å². The summed E-state index contributed by atoms with van der Waals surface area (Å²) in [6.45, 7) is 5.61. The Labute approximate surface area is 376 Å². The van der Waals surface area contributed by atoms with Crippen LogP contribution in [0.1, 0.15) is 89.8 Å². The van der Waals surface area contributed by atoms with Gasteiger partial charge in [-0.25, -0.2) is 9.78 Å². The second-order valence-corrected chi connectivity index (χ2v) is 16.1. The molecule has 1 aliphatic heterocycles. The fraction of sp³-hybridized carbons (Fsp3) is 0.571. The van der Waals surface area contributed by atoms with Crippen LogP contribution < -0.4 is 43.8 Å². The molecular weight excluding hydrogens is 849 g/mol. The first kappa shape index (κ1) is 52.6. The average Bonchev–Trinajstić information content (AvgIpc) is 3.98. The van der Waals surface area contributed by atoms with E-state index in [0.717, 1.165) is 0 Å². The van der Waals surface area contributed by atoms with Crippen molar-refractivity contribution in [1.29, 1.82) is 0 Å². The Morgan fingerprint density at radius 2 is 1.43 bits per heavy atom. The highest BCUT2D eigenvalue weighted by molar-refractivity contribution is 5.97. The fourth-order valence-corrected chi connectivity index (χ4v) is 7.15. The number of nitrogens with zero attached hydrogens (tertiary/aromatic N) is 3. The predicted molar refractivity (Wildman–Crippen MR) is 235 cm³/mol. The molecule has 15 N–H and O–H groups in total. The second kappa shape index (κ2) is 26.1. The van der Waals surface area contributed by atoms with Crippen LogP contribution in [-0.2, 0) is 51.2 Å². The van der Waals surface area contributed by atoms with Crippen molar-refractivity contribution in [3.63, 3.8) is 0 Å². The minimum absolute atomic E-state index is 0.0340. The molecule has 6 amide bonds. The van der Waals surface area contributed by atoms with Crippen molar-refractivity contribution in [2.45, 2.75) is 134 Å². The zero-order chi connectivity index (χ0) is 48.2. The number of nitrogens with one attached hydrogen (secondary N) is 6. The Morgan fingerprint density at radius 3 is 2.00 bits per heavy atom. The summed E-state index contributed by atoms with van der Waals surface area (Å²) in [7, 11) is 0. The van der Waals surface area contributed by atoms with E-state index < -0.39 is 102 Å². The molecule has 3 rings (SSSR count). The zero-order valence-electron chi connectivity index (χ0n) is 37.0. The van der Waals surface area contributed by atoms with Gasteiger partial charge in [0.05, 0.1) is 18.8 Å². The first-order valence-electron chi connectivity index (χ1n) is 21.7. The summed E-state index contributed by atoms with van der Waals surface area (Å²) >= 11 is 0. The molecule has 0 radical (unpaired) electrons. The summed E-state index contributed by atoms with van der Waals surface area (Å²) in [6, 6.07) is -3.15. The molecule has 65 heavy (non-hydrogen) atoms. The van der Waals surface area contributed by atoms with Gasteiger partial charge in [0.25, 0.3) is 0 Å². The number of guanidine groups is 1. The number of phenols is 1. The van der Waals surface area contributed by atoms with Gasteiger partial charge < -0.3 is 69.0 Å². The summed E-state index contributed by atoms with van der Waals surface area (Å²) in [6.07, 6.45) is 4.33. The van der Waals surface area contributed by atoms with Gasteiger partial charge in [-0.1, -0.05) is 52.2 Å². The number of carbonyl (C=O) groups is 8. The van der Waals surface area contributed by atoms with Crippen LogP contribution in [0.4, 0.5) is 0 Å². The molecule has 2 aromatic rings. The monoisotopic (exact) mass is 912 g/mol. The molecule has 23 nitrogen and oxygen atoms in total. The standard InChI is InChI=1S/C42H64N12O11/c1-4-6-9-28(50-36(59)29(10-7-16-47-42(44)45)49-35(58)27(43)20-33(56)57)37(60)51-30(18-24-12-14-26(55)15-13-24)38(61)53-34(23(3)5-2)39(62)52-31(19-25-21-46-22-48-25)40(63)54-17-8-11-32(54)41(64)65/h12-15,21-23,27-32,34,55H,4-11,16-20,43H2,1-3H3,(H,46,48)(H,49,58)(H,50,59)(H,51,60)(H,52,62)(H,53,61)(H,56,57)(H,64,65)(H4,44,45,47)/t23-,27-,28-,29-,30-,31-,32-,34-/m0/s1. The number of nitrogens with two attached hydrogens (primary N) is 3. The first-order valence-corrected chi connectivity index (χ1v) is 21.7. The molecule has 0 bridgehead atoms. The van der Waals surface area contributed by atoms with Crippen LogP contribution in [0.25, 0.3) is 0 Å². The minimum atomic E-state index is -1.49. The van der Waals surface area contributed by atoms with E-state index in [-0.39, 0.29) is 63.3 Å². The second-order valence-electron chi connectivity index (χ2n) is 16.1. The van der Waals surface area contributed by atoms with Gasteiger partial charge in [-0.3, -0.25) is 38.6 Å². The molecule has 1 aromatic carbocycles. The number of phenolic OH excluding ortho intramolecular Hbond substituents is 1. The number of carboxylic acid groups (broad SMARTS) is 2. The molecule has 0 unspecified atom stereocenters. The van der Waals surface area contributed by atoms with E-state index in [2.05, 4.69) is 41.5 Å². The molecule has 8 atom stereocenters. The van der Waals surface area contributed by atoms with Crippen LogP contribution in [0.2, 0.25) is 0 Å². The van der Waals surface area contributed by atoms with E-state index >= 15 is 0 Å². The molecule has 1 saturated heterocycles. The molecule has 0 aliphatic carbocycles. The smallest absolute Gasteiger partial charge is 0.326 e. The van der Waals surface area contributed by atoms with Crippen molar-refractivity contribution >= 4 is 53.3 Å². The lowest BCUT2D eigenvalue weighted by Gasteiger charge is -2.31. The van der Waals surface area contributed by atoms with E-state index in [4.69, 9.17) is 22.3 Å². The van der Waals surface area contributed by atoms with Crippen molar-refractivity contribution in [3.05, 3.63) is 48.0 Å². The third-order valence-corrected chi connectivity index (χ3v) is 11.0. The van der Waals surface area contributed by atoms with Crippen LogP contribution in [0.3, 0.4) is 0 Å². The number of amides is 6. The lowest BCUT2D eigenvalue weighted by Crippen LogP contribution is -2.61. The SMILES string of the molecule is CCCC[C@H](NC(=O)[C@H](CCCN=C(N)N)NC(=O)[C@@H](N)CC(=O)O)C(=O)N[C@@H](Cc1ccc(O)cc1)C(=O)N[C@H](C(=O)N[C@@H](Cc1cnc[nH]1)C(=O)N1CCC[C@H]1C(=O)O)[C@@H](C)CC. The highest BCUT2D eigenvalue weighted by Gasteiger charge is 2.40. The molecule has 1 fully saturated rings. The lowest BCUT2D eigenvalue weighted by atomic mass is 9.96. The summed E-state index contributed by atoms with van der Waals surface area (Å²) in [5, 5.41) is 42.2. The summed E-state index contributed by atoms with van der Waals surface area (Å²) < 4.78 is 0. The van der Waals surface area contributed by atoms with Crippen molar-refractivity contribution in [2.75, 3.05) is 13.1 Å². The van der Waals surface area contributed by atoms with Gasteiger partial charge in [0.2, 0.25) is 35.4 Å². The van der Waals surface area contributed by atoms with Crippen molar-refractivity contribution in [3.8, 4) is 5.75 Å². The number of imidazole rings is 1. The van der Waals surface area contributed by atoms with Crippen molar-refractivity contribution in [2.24, 2.45) is 28.1 Å². The van der Waals surface area contributed by atoms with E-state index in [9.17, 15) is 48.6 Å². The van der Waals surface area contributed by atoms with Crippen LogP contribution in [0, 0.1) is 5.92 Å². The van der Waals surface area contributed by atoms with Gasteiger partial charge in [-0.05, 0) is 55.7 Å². The Kier molecular flexibility index (Phi) is 21.1. The Hall–Kier alpha value is -6.78. The van der Waals surface area contributed by atoms with E-state index in [1.165, 1.54) is 41.7 Å². The molecule has 1 aliphatic rings.